The Balaban J connectivity index is 3.82. The number of hydrogen-bond acceptors (Lipinski definition) is 3. The smallest absolute Gasteiger partial charge is 0.238 e. The van der Waals surface area contributed by atoms with E-state index in [1.165, 1.54) is 18.2 Å². The van der Waals surface area contributed by atoms with Crippen molar-refractivity contribution < 1.29 is 8.42 Å². The zero-order chi connectivity index (χ0) is 8.43. The van der Waals surface area contributed by atoms with Crippen molar-refractivity contribution in [1.82, 2.24) is 4.73 Å². The van der Waals surface area contributed by atoms with E-state index in [0.717, 1.165) is 0 Å². The predicted octanol–water partition coefficient (Wildman–Crippen LogP) is 0.898. The van der Waals surface area contributed by atoms with Crippen LogP contribution in [0.25, 0.3) is 0 Å². The third-order valence-electron chi connectivity index (χ3n) is 1.04. The molecule has 0 bridgehead atoms. The van der Waals surface area contributed by atoms with Gasteiger partial charge >= 0.3 is 0 Å². The van der Waals surface area contributed by atoms with E-state index in [0.29, 0.717) is 0 Å². The molecule has 0 atom stereocenters. The van der Waals surface area contributed by atoms with Gasteiger partial charge in [-0.05, 0) is 12.1 Å². The summed E-state index contributed by atoms with van der Waals surface area (Å²) in [5.74, 6) is 0. The summed E-state index contributed by atoms with van der Waals surface area (Å²) in [7, 11) is -2.53. The fourth-order valence-corrected chi connectivity index (χ4v) is 1.21. The van der Waals surface area contributed by atoms with E-state index < -0.39 is 10.3 Å². The molecule has 0 radical (unpaired) electrons. The van der Waals surface area contributed by atoms with Gasteiger partial charge in [0.15, 0.2) is 4.64 Å². The Hall–Kier alpha value is -0.940. The Morgan fingerprint density at radius 3 is 2.55 bits per heavy atom. The number of aromatic nitrogens is 1. The fraction of sp³-hybridized carbons (Fsp3) is 0. The minimum Gasteiger partial charge on any atom is -0.804 e. The molecule has 0 saturated heterocycles. The van der Waals surface area contributed by atoms with Crippen LogP contribution in [0.4, 0.5) is 0 Å². The summed E-state index contributed by atoms with van der Waals surface area (Å²) in [5.41, 5.74) is 0. The molecule has 0 aliphatic carbocycles. The average molecular weight is 193 g/mol. The van der Waals surface area contributed by atoms with Gasteiger partial charge in [0.05, 0.1) is 0 Å². The van der Waals surface area contributed by atoms with Crippen molar-refractivity contribution in [3.63, 3.8) is 0 Å². The normalized spacial score (nSPS) is 9.55. The van der Waals surface area contributed by atoms with E-state index in [1.807, 2.05) is 0 Å². The Labute approximate surface area is 68.8 Å². The van der Waals surface area contributed by atoms with Crippen molar-refractivity contribution in [2.24, 2.45) is 0 Å². The second-order valence-electron chi connectivity index (χ2n) is 1.72. The van der Waals surface area contributed by atoms with Crippen LogP contribution in [0.5, 0.6) is 0 Å². The van der Waals surface area contributed by atoms with Crippen LogP contribution in [-0.4, -0.2) is 13.1 Å². The summed E-state index contributed by atoms with van der Waals surface area (Å²) in [5, 5.41) is 10.6. The van der Waals surface area contributed by atoms with E-state index in [-0.39, 0.29) is 14.5 Å². The first-order chi connectivity index (χ1) is 5.13. The Bertz CT molecular complexity index is 425. The van der Waals surface area contributed by atoms with Crippen LogP contribution >= 0.6 is 11.6 Å². The lowest BCUT2D eigenvalue weighted by molar-refractivity contribution is 0.623. The second kappa shape index (κ2) is 2.98. The minimum atomic E-state index is -2.53. The van der Waals surface area contributed by atoms with Crippen LogP contribution in [0.2, 0.25) is 5.15 Å². The summed E-state index contributed by atoms with van der Waals surface area (Å²) < 4.78 is 20.4. The highest BCUT2D eigenvalue weighted by atomic mass is 35.5. The summed E-state index contributed by atoms with van der Waals surface area (Å²) in [4.78, 5) is 0. The first-order valence-electron chi connectivity index (χ1n) is 2.60. The molecular formula is C5H3ClNO3S-. The highest BCUT2D eigenvalue weighted by Crippen LogP contribution is 2.05. The number of pyridine rings is 1. The topological polar surface area (TPSA) is 62.1 Å². The van der Waals surface area contributed by atoms with Crippen molar-refractivity contribution >= 4 is 21.9 Å². The standard InChI is InChI=1S/C5H3ClNO3S/c6-4-2-1-3-5(7(4)8)11(9)10/h1-3H/q-1. The van der Waals surface area contributed by atoms with Gasteiger partial charge in [0.2, 0.25) is 10.3 Å². The lowest BCUT2D eigenvalue weighted by atomic mass is 10.5. The number of rotatable bonds is 0. The Morgan fingerprint density at radius 1 is 1.45 bits per heavy atom. The molecule has 0 saturated carbocycles. The largest absolute Gasteiger partial charge is 0.804 e. The summed E-state index contributed by atoms with van der Waals surface area (Å²) in [6.07, 6.45) is 0. The summed E-state index contributed by atoms with van der Waals surface area (Å²) in [6, 6.07) is 3.87. The molecule has 0 amide bonds. The van der Waals surface area contributed by atoms with E-state index in [1.54, 1.807) is 0 Å². The SMILES string of the molecule is O=S(=O)=c1cccc(Cl)n1[O-]. The molecule has 0 N–H and O–H groups in total. The van der Waals surface area contributed by atoms with Crippen LogP contribution < -0.4 is 0 Å². The van der Waals surface area contributed by atoms with Gasteiger partial charge in [-0.15, -0.1) is 0 Å². The average Bonchev–Trinajstić information content (AvgIpc) is 1.94. The van der Waals surface area contributed by atoms with Crippen LogP contribution in [0, 0.1) is 9.85 Å². The van der Waals surface area contributed by atoms with Gasteiger partial charge in [-0.1, -0.05) is 17.7 Å². The van der Waals surface area contributed by atoms with Gasteiger partial charge in [-0.25, -0.2) is 0 Å². The first kappa shape index (κ1) is 8.16. The van der Waals surface area contributed by atoms with Gasteiger partial charge < -0.3 is 9.94 Å². The molecular weight excluding hydrogens is 190 g/mol. The van der Waals surface area contributed by atoms with E-state index in [2.05, 4.69) is 0 Å². The van der Waals surface area contributed by atoms with E-state index in [9.17, 15) is 13.6 Å². The molecule has 0 aliphatic rings. The minimum absolute atomic E-state index is 0.144. The van der Waals surface area contributed by atoms with Gasteiger partial charge in [-0.2, -0.15) is 8.42 Å². The quantitative estimate of drug-likeness (QED) is 0.453. The maximum atomic E-state index is 10.8. The lowest BCUT2D eigenvalue weighted by Gasteiger charge is -2.10. The van der Waals surface area contributed by atoms with Gasteiger partial charge in [0, 0.05) is 0 Å². The number of hydrogen-bond donors (Lipinski definition) is 0. The molecule has 11 heavy (non-hydrogen) atoms. The summed E-state index contributed by atoms with van der Waals surface area (Å²) in [6.45, 7) is 0. The van der Waals surface area contributed by atoms with Crippen molar-refractivity contribution in [1.29, 1.82) is 0 Å². The van der Waals surface area contributed by atoms with Crippen LogP contribution in [0.3, 0.4) is 0 Å². The van der Waals surface area contributed by atoms with Crippen LogP contribution in [0.1, 0.15) is 0 Å². The zero-order valence-corrected chi connectivity index (χ0v) is 6.76. The molecule has 0 aliphatic heterocycles. The van der Waals surface area contributed by atoms with Gasteiger partial charge in [-0.3, -0.25) is 0 Å². The molecule has 60 valence electrons. The third-order valence-corrected chi connectivity index (χ3v) is 1.96. The van der Waals surface area contributed by atoms with Crippen molar-refractivity contribution in [3.05, 3.63) is 33.2 Å². The maximum Gasteiger partial charge on any atom is 0.238 e. The molecule has 1 aromatic rings. The fourth-order valence-electron chi connectivity index (χ4n) is 0.574. The Morgan fingerprint density at radius 2 is 2.09 bits per heavy atom. The molecule has 0 fully saturated rings. The lowest BCUT2D eigenvalue weighted by Crippen LogP contribution is -1.92. The molecule has 1 heterocycles. The second-order valence-corrected chi connectivity index (χ2v) is 2.99. The van der Waals surface area contributed by atoms with Crippen molar-refractivity contribution in [2.45, 2.75) is 0 Å². The summed E-state index contributed by atoms with van der Waals surface area (Å²) >= 11 is 5.34. The third kappa shape index (κ3) is 1.55. The maximum absolute atomic E-state index is 10.8. The van der Waals surface area contributed by atoms with Gasteiger partial charge in [0.1, 0.15) is 5.15 Å². The highest BCUT2D eigenvalue weighted by molar-refractivity contribution is 7.63. The van der Waals surface area contributed by atoms with E-state index in [4.69, 9.17) is 11.6 Å². The molecule has 0 aromatic carbocycles. The molecule has 6 heteroatoms. The molecule has 0 spiro atoms. The van der Waals surface area contributed by atoms with Crippen molar-refractivity contribution in [2.75, 3.05) is 0 Å². The predicted molar refractivity (Wildman–Crippen MR) is 40.4 cm³/mol. The number of halogens is 1. The van der Waals surface area contributed by atoms with Gasteiger partial charge in [0.25, 0.3) is 0 Å². The first-order valence-corrected chi connectivity index (χ1v) is 4.05. The van der Waals surface area contributed by atoms with E-state index >= 15 is 0 Å². The van der Waals surface area contributed by atoms with Crippen molar-refractivity contribution in [3.8, 4) is 0 Å². The van der Waals surface area contributed by atoms with Crippen LogP contribution in [0.15, 0.2) is 18.2 Å². The Kier molecular flexibility index (Phi) is 2.21. The number of nitrogens with zero attached hydrogens (tertiary/aromatic N) is 1. The highest BCUT2D eigenvalue weighted by Gasteiger charge is 1.88. The monoisotopic (exact) mass is 192 g/mol. The zero-order valence-electron chi connectivity index (χ0n) is 5.19. The molecule has 1 aromatic heterocycles. The molecule has 4 nitrogen and oxygen atoms in total. The molecule has 1 rings (SSSR count). The molecule has 0 unspecified atom stereocenters. The van der Waals surface area contributed by atoms with Crippen LogP contribution in [-0.2, 0) is 10.3 Å².